The Morgan fingerprint density at radius 2 is 2.08 bits per heavy atom. The summed E-state index contributed by atoms with van der Waals surface area (Å²) >= 11 is 1.27. The minimum absolute atomic E-state index is 0.0430. The Labute approximate surface area is 152 Å². The Hall–Kier alpha value is -1.54. The van der Waals surface area contributed by atoms with Crippen LogP contribution < -0.4 is 5.32 Å². The molecule has 0 saturated carbocycles. The van der Waals surface area contributed by atoms with Crippen LogP contribution in [0.4, 0.5) is 5.69 Å². The van der Waals surface area contributed by atoms with Gasteiger partial charge in [0.1, 0.15) is 0 Å². The molecule has 1 heterocycles. The van der Waals surface area contributed by atoms with Crippen molar-refractivity contribution in [2.45, 2.75) is 38.5 Å². The molecule has 1 aliphatic rings. The van der Waals surface area contributed by atoms with E-state index >= 15 is 0 Å². The van der Waals surface area contributed by atoms with Crippen molar-refractivity contribution in [2.75, 3.05) is 22.6 Å². The summed E-state index contributed by atoms with van der Waals surface area (Å²) in [6, 6.07) is 5.66. The molecular formula is C17H23NO5S2. The van der Waals surface area contributed by atoms with Gasteiger partial charge in [-0.2, -0.15) is 0 Å². The lowest BCUT2D eigenvalue weighted by Crippen LogP contribution is -2.31. The second-order valence-corrected chi connectivity index (χ2v) is 9.79. The number of hydrogen-bond acceptors (Lipinski definition) is 6. The van der Waals surface area contributed by atoms with Crippen molar-refractivity contribution < 1.29 is 22.7 Å². The molecule has 0 aromatic heterocycles. The second kappa shape index (κ2) is 8.23. The Morgan fingerprint density at radius 1 is 1.36 bits per heavy atom. The van der Waals surface area contributed by atoms with E-state index in [4.69, 9.17) is 4.74 Å². The number of ether oxygens (including phenoxy) is 1. The van der Waals surface area contributed by atoms with Crippen molar-refractivity contribution in [3.8, 4) is 0 Å². The Balaban J connectivity index is 1.79. The van der Waals surface area contributed by atoms with E-state index in [1.807, 2.05) is 32.0 Å². The van der Waals surface area contributed by atoms with Crippen LogP contribution in [0.25, 0.3) is 0 Å². The van der Waals surface area contributed by atoms with Crippen molar-refractivity contribution in [1.82, 2.24) is 0 Å². The van der Waals surface area contributed by atoms with Crippen LogP contribution in [0, 0.1) is 13.8 Å². The van der Waals surface area contributed by atoms with Crippen molar-refractivity contribution in [3.63, 3.8) is 0 Å². The summed E-state index contributed by atoms with van der Waals surface area (Å²) in [7, 11) is -2.96. The highest BCUT2D eigenvalue weighted by atomic mass is 32.2. The van der Waals surface area contributed by atoms with E-state index in [9.17, 15) is 18.0 Å². The van der Waals surface area contributed by atoms with E-state index < -0.39 is 27.8 Å². The number of carbonyl (C=O) groups excluding carboxylic acids is 2. The molecule has 1 aliphatic heterocycles. The van der Waals surface area contributed by atoms with Crippen LogP contribution in [-0.4, -0.2) is 48.9 Å². The lowest BCUT2D eigenvalue weighted by Gasteiger charge is -2.15. The number of benzene rings is 1. The van der Waals surface area contributed by atoms with Gasteiger partial charge in [-0.15, -0.1) is 11.8 Å². The van der Waals surface area contributed by atoms with Crippen molar-refractivity contribution >= 4 is 39.2 Å². The third-order valence-corrected chi connectivity index (χ3v) is 7.20. The molecule has 0 aliphatic carbocycles. The molecular weight excluding hydrogens is 362 g/mol. The smallest absolute Gasteiger partial charge is 0.316 e. The van der Waals surface area contributed by atoms with E-state index in [2.05, 4.69) is 5.32 Å². The number of nitrogens with one attached hydrogen (secondary N) is 1. The SMILES string of the molecule is Cc1ccc(NC(=O)[C@H](C)OC(=O)CS[C@H]2CCS(=O)(=O)C2)c(C)c1. The van der Waals surface area contributed by atoms with E-state index in [-0.39, 0.29) is 22.5 Å². The van der Waals surface area contributed by atoms with Crippen LogP contribution in [0.15, 0.2) is 18.2 Å². The zero-order valence-corrected chi connectivity index (χ0v) is 16.2. The molecule has 2 rings (SSSR count). The average molecular weight is 386 g/mol. The number of anilines is 1. The summed E-state index contributed by atoms with van der Waals surface area (Å²) < 4.78 is 27.9. The zero-order chi connectivity index (χ0) is 18.6. The van der Waals surface area contributed by atoms with Crippen LogP contribution in [0.2, 0.25) is 0 Å². The topological polar surface area (TPSA) is 89.5 Å². The van der Waals surface area contributed by atoms with E-state index in [1.54, 1.807) is 0 Å². The highest BCUT2D eigenvalue weighted by molar-refractivity contribution is 8.02. The molecule has 1 N–H and O–H groups in total. The normalized spacial score (nSPS) is 20.0. The number of carbonyl (C=O) groups is 2. The maximum atomic E-state index is 12.2. The first-order chi connectivity index (χ1) is 11.7. The molecule has 1 saturated heterocycles. The molecule has 6 nitrogen and oxygen atoms in total. The number of aryl methyl sites for hydroxylation is 2. The molecule has 1 fully saturated rings. The van der Waals surface area contributed by atoms with Crippen molar-refractivity contribution in [1.29, 1.82) is 0 Å². The van der Waals surface area contributed by atoms with Crippen LogP contribution in [0.1, 0.15) is 24.5 Å². The monoisotopic (exact) mass is 385 g/mol. The first kappa shape index (κ1) is 19.8. The molecule has 25 heavy (non-hydrogen) atoms. The van der Waals surface area contributed by atoms with E-state index in [0.717, 1.165) is 11.1 Å². The molecule has 0 unspecified atom stereocenters. The fourth-order valence-electron chi connectivity index (χ4n) is 2.55. The molecule has 0 radical (unpaired) electrons. The van der Waals surface area contributed by atoms with Gasteiger partial charge in [0.15, 0.2) is 15.9 Å². The van der Waals surface area contributed by atoms with Crippen LogP contribution in [0.3, 0.4) is 0 Å². The maximum absolute atomic E-state index is 12.2. The first-order valence-corrected chi connectivity index (χ1v) is 10.9. The largest absolute Gasteiger partial charge is 0.452 e. The number of rotatable bonds is 6. The van der Waals surface area contributed by atoms with E-state index in [0.29, 0.717) is 12.1 Å². The molecule has 0 bridgehead atoms. The average Bonchev–Trinajstić information content (AvgIpc) is 2.87. The zero-order valence-electron chi connectivity index (χ0n) is 14.6. The molecule has 2 atom stereocenters. The van der Waals surface area contributed by atoms with Gasteiger partial charge in [-0.1, -0.05) is 17.7 Å². The Bertz CT molecular complexity index is 760. The van der Waals surface area contributed by atoms with Gasteiger partial charge in [0.25, 0.3) is 5.91 Å². The lowest BCUT2D eigenvalue weighted by molar-refractivity contribution is -0.150. The number of sulfone groups is 1. The summed E-state index contributed by atoms with van der Waals surface area (Å²) in [5.41, 5.74) is 2.72. The molecule has 8 heteroatoms. The fourth-order valence-corrected chi connectivity index (χ4v) is 5.98. The van der Waals surface area contributed by atoms with Gasteiger partial charge < -0.3 is 10.1 Å². The van der Waals surface area contributed by atoms with Crippen LogP contribution >= 0.6 is 11.8 Å². The number of esters is 1. The van der Waals surface area contributed by atoms with Crippen molar-refractivity contribution in [2.24, 2.45) is 0 Å². The minimum Gasteiger partial charge on any atom is -0.452 e. The maximum Gasteiger partial charge on any atom is 0.316 e. The first-order valence-electron chi connectivity index (χ1n) is 8.06. The summed E-state index contributed by atoms with van der Waals surface area (Å²) in [6.45, 7) is 5.38. The van der Waals surface area contributed by atoms with Gasteiger partial charge in [-0.05, 0) is 38.8 Å². The predicted octanol–water partition coefficient (Wildman–Crippen LogP) is 2.09. The third-order valence-electron chi connectivity index (χ3n) is 3.94. The number of amides is 1. The quantitative estimate of drug-likeness (QED) is 0.754. The van der Waals surface area contributed by atoms with Gasteiger partial charge in [-0.25, -0.2) is 8.42 Å². The Morgan fingerprint density at radius 3 is 2.68 bits per heavy atom. The minimum atomic E-state index is -2.96. The standard InChI is InChI=1S/C17H23NO5S2/c1-11-4-5-15(12(2)8-11)18-17(20)13(3)23-16(19)9-24-14-6-7-25(21,22)10-14/h4-5,8,13-14H,6-7,9-10H2,1-3H3,(H,18,20)/t13-,14-/m0/s1. The molecule has 0 spiro atoms. The molecule has 1 amide bonds. The second-order valence-electron chi connectivity index (χ2n) is 6.28. The lowest BCUT2D eigenvalue weighted by atomic mass is 10.1. The summed E-state index contributed by atoms with van der Waals surface area (Å²) in [5, 5.41) is 2.68. The molecule has 1 aromatic rings. The van der Waals surface area contributed by atoms with Gasteiger partial charge >= 0.3 is 5.97 Å². The van der Waals surface area contributed by atoms with Crippen molar-refractivity contribution in [3.05, 3.63) is 29.3 Å². The summed E-state index contributed by atoms with van der Waals surface area (Å²) in [6.07, 6.45) is -0.357. The Kier molecular flexibility index (Phi) is 6.51. The molecule has 138 valence electrons. The van der Waals surface area contributed by atoms with Crippen LogP contribution in [0.5, 0.6) is 0 Å². The molecule has 1 aromatic carbocycles. The van der Waals surface area contributed by atoms with Gasteiger partial charge in [0, 0.05) is 10.9 Å². The van der Waals surface area contributed by atoms with E-state index in [1.165, 1.54) is 18.7 Å². The third kappa shape index (κ3) is 6.04. The highest BCUT2D eigenvalue weighted by Gasteiger charge is 2.29. The summed E-state index contributed by atoms with van der Waals surface area (Å²) in [4.78, 5) is 24.0. The predicted molar refractivity (Wildman–Crippen MR) is 99.6 cm³/mol. The number of hydrogen-bond donors (Lipinski definition) is 1. The van der Waals surface area contributed by atoms with Crippen LogP contribution in [-0.2, 0) is 24.2 Å². The summed E-state index contributed by atoms with van der Waals surface area (Å²) in [5.74, 6) is -0.588. The van der Waals surface area contributed by atoms with Gasteiger partial charge in [0.05, 0.1) is 17.3 Å². The fraction of sp³-hybridized carbons (Fsp3) is 0.529. The van der Waals surface area contributed by atoms with Gasteiger partial charge in [-0.3, -0.25) is 9.59 Å². The highest BCUT2D eigenvalue weighted by Crippen LogP contribution is 2.24. The van der Waals surface area contributed by atoms with Gasteiger partial charge in [0.2, 0.25) is 0 Å². The number of thioether (sulfide) groups is 1.